The molecule has 0 aliphatic heterocycles. The topological polar surface area (TPSA) is 59.8 Å². The third-order valence-corrected chi connectivity index (χ3v) is 3.73. The number of amides is 1. The van der Waals surface area contributed by atoms with E-state index in [1.807, 2.05) is 6.92 Å². The van der Waals surface area contributed by atoms with Crippen LogP contribution in [-0.2, 0) is 7.05 Å². The number of pyridine rings is 1. The van der Waals surface area contributed by atoms with Gasteiger partial charge in [0.2, 0.25) is 0 Å². The molecule has 0 aliphatic rings. The van der Waals surface area contributed by atoms with Crippen molar-refractivity contribution < 1.29 is 4.79 Å². The van der Waals surface area contributed by atoms with E-state index in [-0.39, 0.29) is 11.1 Å². The maximum absolute atomic E-state index is 12.0. The fourth-order valence-electron chi connectivity index (χ4n) is 1.39. The van der Waals surface area contributed by atoms with Gasteiger partial charge in [0, 0.05) is 13.2 Å². The first-order valence-electron chi connectivity index (χ1n) is 5.11. The van der Waals surface area contributed by atoms with Crippen molar-refractivity contribution in [3.05, 3.63) is 39.3 Å². The summed E-state index contributed by atoms with van der Waals surface area (Å²) in [7, 11) is 1.77. The second kappa shape index (κ2) is 5.07. The molecule has 0 spiro atoms. The lowest BCUT2D eigenvalue weighted by Gasteiger charge is -2.04. The van der Waals surface area contributed by atoms with Crippen LogP contribution in [0.4, 0.5) is 5.69 Å². The Balaban J connectivity index is 2.28. The minimum atomic E-state index is -0.333. The quantitative estimate of drug-likeness (QED) is 0.862. The number of hydrogen-bond acceptors (Lipinski definition) is 3. The maximum atomic E-state index is 12.0. The van der Waals surface area contributed by atoms with E-state index >= 15 is 0 Å². The minimum absolute atomic E-state index is 0.245. The summed E-state index contributed by atoms with van der Waals surface area (Å²) in [6.07, 6.45) is 1.55. The average Bonchev–Trinajstić information content (AvgIpc) is 2.60. The molecule has 1 amide bonds. The molecule has 7 heteroatoms. The van der Waals surface area contributed by atoms with E-state index in [9.17, 15) is 4.79 Å². The first kappa shape index (κ1) is 13.0. The molecule has 0 radical (unpaired) electrons. The van der Waals surface area contributed by atoms with Crippen LogP contribution in [0.1, 0.15) is 16.2 Å². The molecule has 0 saturated heterocycles. The van der Waals surface area contributed by atoms with Gasteiger partial charge in [0.05, 0.1) is 15.9 Å². The van der Waals surface area contributed by atoms with Crippen molar-refractivity contribution in [3.63, 3.8) is 0 Å². The normalized spacial score (nSPS) is 10.4. The number of rotatable bonds is 2. The van der Waals surface area contributed by atoms with Gasteiger partial charge in [-0.15, -0.1) is 0 Å². The Hall–Kier alpha value is -1.40. The number of aryl methyl sites for hydroxylation is 1. The molecular weight excluding hydrogens is 320 g/mol. The van der Waals surface area contributed by atoms with Crippen LogP contribution in [0.15, 0.2) is 22.8 Å². The Morgan fingerprint density at radius 3 is 2.83 bits per heavy atom. The Morgan fingerprint density at radius 2 is 2.28 bits per heavy atom. The summed E-state index contributed by atoms with van der Waals surface area (Å²) in [5.41, 5.74) is 1.65. The number of aromatic nitrogens is 3. The van der Waals surface area contributed by atoms with Gasteiger partial charge in [0.25, 0.3) is 5.91 Å². The molecule has 2 rings (SSSR count). The van der Waals surface area contributed by atoms with E-state index in [2.05, 4.69) is 31.3 Å². The highest BCUT2D eigenvalue weighted by molar-refractivity contribution is 9.10. The van der Waals surface area contributed by atoms with Gasteiger partial charge < -0.3 is 5.32 Å². The van der Waals surface area contributed by atoms with Gasteiger partial charge in [-0.25, -0.2) is 4.98 Å². The van der Waals surface area contributed by atoms with E-state index in [4.69, 9.17) is 11.6 Å². The zero-order valence-electron chi connectivity index (χ0n) is 9.74. The van der Waals surface area contributed by atoms with Crippen LogP contribution in [0.2, 0.25) is 5.15 Å². The van der Waals surface area contributed by atoms with Crippen molar-refractivity contribution in [1.29, 1.82) is 0 Å². The molecule has 0 bridgehead atoms. The molecule has 5 nitrogen and oxygen atoms in total. The lowest BCUT2D eigenvalue weighted by atomic mass is 10.3. The Morgan fingerprint density at radius 1 is 1.56 bits per heavy atom. The Bertz CT molecular complexity index is 611. The van der Waals surface area contributed by atoms with Crippen molar-refractivity contribution in [2.45, 2.75) is 6.92 Å². The van der Waals surface area contributed by atoms with E-state index < -0.39 is 0 Å². The van der Waals surface area contributed by atoms with Gasteiger partial charge >= 0.3 is 0 Å². The SMILES string of the molecule is Cc1c(Br)c(C(=O)Nc2cccnc2Cl)nn1C. The van der Waals surface area contributed by atoms with Gasteiger partial charge in [-0.05, 0) is 35.0 Å². The average molecular weight is 330 g/mol. The first-order chi connectivity index (χ1) is 8.50. The third-order valence-electron chi connectivity index (χ3n) is 2.48. The molecule has 2 heterocycles. The van der Waals surface area contributed by atoms with Crippen LogP contribution in [-0.4, -0.2) is 20.7 Å². The Kier molecular flexibility index (Phi) is 3.68. The number of carbonyl (C=O) groups excluding carboxylic acids is 1. The molecule has 0 saturated carbocycles. The van der Waals surface area contributed by atoms with E-state index in [0.717, 1.165) is 5.69 Å². The second-order valence-corrected chi connectivity index (χ2v) is 4.82. The van der Waals surface area contributed by atoms with Crippen molar-refractivity contribution >= 4 is 39.1 Å². The third kappa shape index (κ3) is 2.39. The van der Waals surface area contributed by atoms with Crippen molar-refractivity contribution in [2.24, 2.45) is 7.05 Å². The monoisotopic (exact) mass is 328 g/mol. The summed E-state index contributed by atoms with van der Waals surface area (Å²) >= 11 is 9.21. The lowest BCUT2D eigenvalue weighted by molar-refractivity contribution is 0.102. The van der Waals surface area contributed by atoms with Gasteiger partial charge in [0.15, 0.2) is 10.8 Å². The first-order valence-corrected chi connectivity index (χ1v) is 6.28. The molecule has 1 N–H and O–H groups in total. The summed E-state index contributed by atoms with van der Waals surface area (Å²) in [5, 5.41) is 7.04. The van der Waals surface area contributed by atoms with Crippen molar-refractivity contribution in [3.8, 4) is 0 Å². The molecule has 94 valence electrons. The largest absolute Gasteiger partial charge is 0.318 e. The zero-order valence-corrected chi connectivity index (χ0v) is 12.1. The number of hydrogen-bond donors (Lipinski definition) is 1. The number of nitrogens with one attached hydrogen (secondary N) is 1. The van der Waals surface area contributed by atoms with Crippen LogP contribution < -0.4 is 5.32 Å². The zero-order chi connectivity index (χ0) is 13.3. The fourth-order valence-corrected chi connectivity index (χ4v) is 2.07. The number of nitrogens with zero attached hydrogens (tertiary/aromatic N) is 3. The molecule has 0 unspecified atom stereocenters. The second-order valence-electron chi connectivity index (χ2n) is 3.67. The highest BCUT2D eigenvalue weighted by Gasteiger charge is 2.18. The molecule has 0 aliphatic carbocycles. The highest BCUT2D eigenvalue weighted by Crippen LogP contribution is 2.23. The molecule has 2 aromatic heterocycles. The standard InChI is InChI=1S/C11H10BrClN4O/c1-6-8(12)9(16-17(6)2)11(18)15-7-4-3-5-14-10(7)13/h3-5H,1-2H3,(H,15,18). The van der Waals surface area contributed by atoms with Crippen molar-refractivity contribution in [2.75, 3.05) is 5.32 Å². The van der Waals surface area contributed by atoms with Gasteiger partial charge in [-0.1, -0.05) is 11.6 Å². The van der Waals surface area contributed by atoms with Crippen LogP contribution in [0, 0.1) is 6.92 Å². The molecule has 0 fully saturated rings. The molecule has 0 aromatic carbocycles. The number of carbonyl (C=O) groups is 1. The molecular formula is C11H10BrClN4O. The maximum Gasteiger partial charge on any atom is 0.277 e. The highest BCUT2D eigenvalue weighted by atomic mass is 79.9. The predicted octanol–water partition coefficient (Wildman–Crippen LogP) is 2.79. The van der Waals surface area contributed by atoms with Gasteiger partial charge in [-0.2, -0.15) is 5.10 Å². The summed E-state index contributed by atoms with van der Waals surface area (Å²) in [6.45, 7) is 1.87. The number of anilines is 1. The smallest absolute Gasteiger partial charge is 0.277 e. The summed E-state index contributed by atoms with van der Waals surface area (Å²) < 4.78 is 2.30. The van der Waals surface area contributed by atoms with Crippen LogP contribution in [0.3, 0.4) is 0 Å². The molecule has 2 aromatic rings. The van der Waals surface area contributed by atoms with E-state index in [1.54, 1.807) is 30.1 Å². The predicted molar refractivity (Wildman–Crippen MR) is 72.8 cm³/mol. The van der Waals surface area contributed by atoms with Crippen LogP contribution in [0.25, 0.3) is 0 Å². The molecule has 0 atom stereocenters. The molecule has 18 heavy (non-hydrogen) atoms. The van der Waals surface area contributed by atoms with Crippen LogP contribution >= 0.6 is 27.5 Å². The lowest BCUT2D eigenvalue weighted by Crippen LogP contribution is -2.14. The van der Waals surface area contributed by atoms with E-state index in [1.165, 1.54) is 0 Å². The summed E-state index contributed by atoms with van der Waals surface area (Å²) in [5.74, 6) is -0.333. The van der Waals surface area contributed by atoms with Crippen LogP contribution in [0.5, 0.6) is 0 Å². The van der Waals surface area contributed by atoms with E-state index in [0.29, 0.717) is 15.9 Å². The van der Waals surface area contributed by atoms with Crippen molar-refractivity contribution in [1.82, 2.24) is 14.8 Å². The fraction of sp³-hybridized carbons (Fsp3) is 0.182. The summed E-state index contributed by atoms with van der Waals surface area (Å²) in [6, 6.07) is 3.37. The summed E-state index contributed by atoms with van der Waals surface area (Å²) in [4.78, 5) is 15.9. The Labute approximate surface area is 117 Å². The van der Waals surface area contributed by atoms with Gasteiger partial charge in [-0.3, -0.25) is 9.48 Å². The minimum Gasteiger partial charge on any atom is -0.318 e. The van der Waals surface area contributed by atoms with Gasteiger partial charge in [0.1, 0.15) is 0 Å². The number of halogens is 2.